The second-order valence-corrected chi connectivity index (χ2v) is 6.91. The normalized spacial score (nSPS) is 19.3. The highest BCUT2D eigenvalue weighted by atomic mass is 16.2. The van der Waals surface area contributed by atoms with E-state index in [0.717, 1.165) is 42.9 Å². The van der Waals surface area contributed by atoms with Crippen molar-refractivity contribution in [3.63, 3.8) is 0 Å². The zero-order valence-corrected chi connectivity index (χ0v) is 14.9. The quantitative estimate of drug-likeness (QED) is 0.834. The topological polar surface area (TPSA) is 66.4 Å². The van der Waals surface area contributed by atoms with Crippen molar-refractivity contribution in [2.75, 3.05) is 13.1 Å². The van der Waals surface area contributed by atoms with Crippen LogP contribution in [0.15, 0.2) is 36.5 Å². The summed E-state index contributed by atoms with van der Waals surface area (Å²) in [6, 6.07) is 9.33. The molecule has 1 saturated heterocycles. The number of likely N-dealkylation sites (tertiary alicyclic amines) is 1. The predicted molar refractivity (Wildman–Crippen MR) is 96.3 cm³/mol. The Kier molecular flexibility index (Phi) is 4.41. The van der Waals surface area contributed by atoms with Crippen LogP contribution in [0.2, 0.25) is 0 Å². The van der Waals surface area contributed by atoms with E-state index in [1.807, 2.05) is 46.3 Å². The summed E-state index contributed by atoms with van der Waals surface area (Å²) >= 11 is 0. The molecule has 1 aromatic heterocycles. The SMILES string of the molecule is CC(=O)N1CCCC1c1ncc2c(n1)CCN(C(=O)c1ccccc1)C2. The van der Waals surface area contributed by atoms with Crippen molar-refractivity contribution < 1.29 is 9.59 Å². The minimum absolute atomic E-state index is 0.0122. The summed E-state index contributed by atoms with van der Waals surface area (Å²) in [6.07, 6.45) is 4.45. The average Bonchev–Trinajstić information content (AvgIpc) is 3.17. The molecule has 1 fully saturated rings. The molecule has 2 aromatic rings. The number of carbonyl (C=O) groups is 2. The molecule has 6 heteroatoms. The molecule has 1 aromatic carbocycles. The second kappa shape index (κ2) is 6.86. The molecule has 0 radical (unpaired) electrons. The summed E-state index contributed by atoms with van der Waals surface area (Å²) in [5, 5.41) is 0. The molecule has 2 aliphatic rings. The van der Waals surface area contributed by atoms with Crippen LogP contribution in [0.3, 0.4) is 0 Å². The van der Waals surface area contributed by atoms with Crippen LogP contribution in [-0.4, -0.2) is 44.7 Å². The van der Waals surface area contributed by atoms with Gasteiger partial charge in [0, 0.05) is 50.3 Å². The minimum Gasteiger partial charge on any atom is -0.334 e. The fraction of sp³-hybridized carbons (Fsp3) is 0.400. The van der Waals surface area contributed by atoms with Gasteiger partial charge in [-0.3, -0.25) is 9.59 Å². The van der Waals surface area contributed by atoms with E-state index in [0.29, 0.717) is 18.7 Å². The van der Waals surface area contributed by atoms with Crippen molar-refractivity contribution in [1.29, 1.82) is 0 Å². The minimum atomic E-state index is -0.0122. The zero-order valence-electron chi connectivity index (χ0n) is 14.9. The Morgan fingerprint density at radius 1 is 1.15 bits per heavy atom. The van der Waals surface area contributed by atoms with Crippen LogP contribution >= 0.6 is 0 Å². The number of rotatable bonds is 2. The van der Waals surface area contributed by atoms with Gasteiger partial charge in [-0.1, -0.05) is 18.2 Å². The standard InChI is InChI=1S/C20H22N4O2/c1-14(25)24-10-5-8-18(24)19-21-12-16-13-23(11-9-17(16)22-19)20(26)15-6-3-2-4-7-15/h2-4,6-7,12,18H,5,8-11,13H2,1H3. The Bertz CT molecular complexity index is 837. The van der Waals surface area contributed by atoms with Crippen molar-refractivity contribution in [3.05, 3.63) is 59.2 Å². The van der Waals surface area contributed by atoms with Crippen LogP contribution in [0.1, 0.15) is 53.2 Å². The van der Waals surface area contributed by atoms with Crippen LogP contribution in [0.25, 0.3) is 0 Å². The van der Waals surface area contributed by atoms with E-state index in [9.17, 15) is 9.59 Å². The molecule has 134 valence electrons. The molecule has 2 aliphatic heterocycles. The lowest BCUT2D eigenvalue weighted by Crippen LogP contribution is -2.37. The molecule has 0 bridgehead atoms. The zero-order chi connectivity index (χ0) is 18.1. The van der Waals surface area contributed by atoms with E-state index in [1.165, 1.54) is 0 Å². The van der Waals surface area contributed by atoms with Crippen molar-refractivity contribution in [2.24, 2.45) is 0 Å². The van der Waals surface area contributed by atoms with Crippen LogP contribution in [0.5, 0.6) is 0 Å². The van der Waals surface area contributed by atoms with Crippen LogP contribution in [0.4, 0.5) is 0 Å². The van der Waals surface area contributed by atoms with E-state index in [2.05, 4.69) is 4.98 Å². The Morgan fingerprint density at radius 3 is 2.73 bits per heavy atom. The molecule has 0 N–H and O–H groups in total. The lowest BCUT2D eigenvalue weighted by atomic mass is 10.1. The Labute approximate surface area is 152 Å². The summed E-state index contributed by atoms with van der Waals surface area (Å²) in [5.41, 5.74) is 2.70. The van der Waals surface area contributed by atoms with Gasteiger partial charge in [-0.2, -0.15) is 0 Å². The highest BCUT2D eigenvalue weighted by Crippen LogP contribution is 2.30. The third-order valence-electron chi connectivity index (χ3n) is 5.22. The molecule has 3 heterocycles. The first-order chi connectivity index (χ1) is 12.6. The van der Waals surface area contributed by atoms with Gasteiger partial charge in [0.05, 0.1) is 11.7 Å². The van der Waals surface area contributed by atoms with Gasteiger partial charge in [0.2, 0.25) is 5.91 Å². The maximum absolute atomic E-state index is 12.6. The summed E-state index contributed by atoms with van der Waals surface area (Å²) in [4.78, 5) is 37.4. The molecule has 0 saturated carbocycles. The van der Waals surface area contributed by atoms with Gasteiger partial charge in [-0.25, -0.2) is 9.97 Å². The Hall–Kier alpha value is -2.76. The largest absolute Gasteiger partial charge is 0.334 e. The molecule has 2 amide bonds. The molecule has 0 aliphatic carbocycles. The molecule has 1 atom stereocenters. The van der Waals surface area contributed by atoms with Gasteiger partial charge >= 0.3 is 0 Å². The van der Waals surface area contributed by atoms with Gasteiger partial charge in [-0.15, -0.1) is 0 Å². The van der Waals surface area contributed by atoms with Gasteiger partial charge < -0.3 is 9.80 Å². The number of hydrogen-bond donors (Lipinski definition) is 0. The van der Waals surface area contributed by atoms with Gasteiger partial charge in [-0.05, 0) is 25.0 Å². The number of aromatic nitrogens is 2. The highest BCUT2D eigenvalue weighted by molar-refractivity contribution is 5.94. The fourth-order valence-corrected chi connectivity index (χ4v) is 3.84. The van der Waals surface area contributed by atoms with Crippen molar-refractivity contribution >= 4 is 11.8 Å². The number of carbonyl (C=O) groups excluding carboxylic acids is 2. The number of nitrogens with zero attached hydrogens (tertiary/aromatic N) is 4. The summed E-state index contributed by atoms with van der Waals surface area (Å²) in [7, 11) is 0. The maximum Gasteiger partial charge on any atom is 0.254 e. The second-order valence-electron chi connectivity index (χ2n) is 6.91. The number of benzene rings is 1. The van der Waals surface area contributed by atoms with Crippen LogP contribution in [0, 0.1) is 0 Å². The predicted octanol–water partition coefficient (Wildman–Crippen LogP) is 2.36. The monoisotopic (exact) mass is 350 g/mol. The summed E-state index contributed by atoms with van der Waals surface area (Å²) in [6.45, 7) is 3.56. The molecule has 6 nitrogen and oxygen atoms in total. The Morgan fingerprint density at radius 2 is 1.96 bits per heavy atom. The summed E-state index contributed by atoms with van der Waals surface area (Å²) < 4.78 is 0. The third-order valence-corrected chi connectivity index (χ3v) is 5.22. The fourth-order valence-electron chi connectivity index (χ4n) is 3.84. The molecule has 1 unspecified atom stereocenters. The lowest BCUT2D eigenvalue weighted by molar-refractivity contribution is -0.129. The molecule has 0 spiro atoms. The molecule has 4 rings (SSSR count). The van der Waals surface area contributed by atoms with E-state index in [-0.39, 0.29) is 17.9 Å². The average molecular weight is 350 g/mol. The van der Waals surface area contributed by atoms with Crippen molar-refractivity contribution in [1.82, 2.24) is 19.8 Å². The third kappa shape index (κ3) is 3.07. The van der Waals surface area contributed by atoms with Crippen molar-refractivity contribution in [3.8, 4) is 0 Å². The van der Waals surface area contributed by atoms with Crippen molar-refractivity contribution in [2.45, 2.75) is 38.8 Å². The maximum atomic E-state index is 12.6. The smallest absolute Gasteiger partial charge is 0.254 e. The number of fused-ring (bicyclic) bond motifs is 1. The number of amides is 2. The number of hydrogen-bond acceptors (Lipinski definition) is 4. The van der Waals surface area contributed by atoms with Gasteiger partial charge in [0.25, 0.3) is 5.91 Å². The molecule has 26 heavy (non-hydrogen) atoms. The van der Waals surface area contributed by atoms with E-state index < -0.39 is 0 Å². The van der Waals surface area contributed by atoms with Gasteiger partial charge in [0.1, 0.15) is 0 Å². The van der Waals surface area contributed by atoms with Crippen LogP contribution < -0.4 is 0 Å². The lowest BCUT2D eigenvalue weighted by Gasteiger charge is -2.29. The first kappa shape index (κ1) is 16.7. The summed E-state index contributed by atoms with van der Waals surface area (Å²) in [5.74, 6) is 0.853. The van der Waals surface area contributed by atoms with Gasteiger partial charge in [0.15, 0.2) is 5.82 Å². The first-order valence-electron chi connectivity index (χ1n) is 9.09. The molecular weight excluding hydrogens is 328 g/mol. The van der Waals surface area contributed by atoms with E-state index >= 15 is 0 Å². The first-order valence-corrected chi connectivity index (χ1v) is 9.09. The van der Waals surface area contributed by atoms with E-state index in [1.54, 1.807) is 6.92 Å². The van der Waals surface area contributed by atoms with E-state index in [4.69, 9.17) is 4.98 Å². The van der Waals surface area contributed by atoms with Crippen LogP contribution in [-0.2, 0) is 17.8 Å². The highest BCUT2D eigenvalue weighted by Gasteiger charge is 2.31. The Balaban J connectivity index is 1.53. The molecular formula is C20H22N4O2.